The molecule has 0 saturated heterocycles. The molecule has 13 aromatic carbocycles. The van der Waals surface area contributed by atoms with E-state index in [9.17, 15) is 0 Å². The first-order valence-corrected chi connectivity index (χ1v) is 27.8. The predicted octanol–water partition coefficient (Wildman–Crippen LogP) is 22.1. The molecule has 0 spiro atoms. The number of benzene rings is 13. The first-order chi connectivity index (χ1) is 39.2. The molecule has 372 valence electrons. The van der Waals surface area contributed by atoms with Crippen LogP contribution in [0.4, 0.5) is 34.1 Å². The fourth-order valence-corrected chi connectivity index (χ4v) is 12.7. The van der Waals surface area contributed by atoms with Crippen molar-refractivity contribution < 1.29 is 0 Å². The molecule has 0 N–H and O–H groups in total. The van der Waals surface area contributed by atoms with Crippen molar-refractivity contribution in [2.75, 3.05) is 9.80 Å². The Morgan fingerprint density at radius 3 is 1.15 bits per heavy atom. The average molecular weight is 1030 g/mol. The first-order valence-electron chi connectivity index (χ1n) is 27.0. The number of hydrogen-bond acceptors (Lipinski definition) is 3. The van der Waals surface area contributed by atoms with Gasteiger partial charge in [0.2, 0.25) is 0 Å². The summed E-state index contributed by atoms with van der Waals surface area (Å²) < 4.78 is 2.61. The zero-order valence-electron chi connectivity index (χ0n) is 43.3. The second-order valence-electron chi connectivity index (χ2n) is 20.0. The minimum Gasteiger partial charge on any atom is -0.309 e. The highest BCUT2D eigenvalue weighted by atomic mass is 32.1. The Morgan fingerprint density at radius 2 is 0.595 bits per heavy atom. The molecule has 79 heavy (non-hydrogen) atoms. The summed E-state index contributed by atoms with van der Waals surface area (Å²) in [6.45, 7) is 0. The molecule has 0 atom stereocenters. The van der Waals surface area contributed by atoms with E-state index in [2.05, 4.69) is 325 Å². The van der Waals surface area contributed by atoms with Gasteiger partial charge in [0.15, 0.2) is 0 Å². The Balaban J connectivity index is 0.937. The molecule has 0 aliphatic carbocycles. The summed E-state index contributed by atoms with van der Waals surface area (Å²) >= 11 is 1.87. The highest BCUT2D eigenvalue weighted by Gasteiger charge is 2.26. The van der Waals surface area contributed by atoms with Gasteiger partial charge in [0.1, 0.15) is 0 Å². The number of rotatable bonds is 12. The van der Waals surface area contributed by atoms with Gasteiger partial charge in [-0.15, -0.1) is 11.3 Å². The van der Waals surface area contributed by atoms with E-state index >= 15 is 0 Å². The molecule has 14 aromatic rings. The van der Waals surface area contributed by atoms with Crippen molar-refractivity contribution in [1.29, 1.82) is 0 Å². The van der Waals surface area contributed by atoms with E-state index in [4.69, 9.17) is 0 Å². The maximum absolute atomic E-state index is 2.47. The zero-order valence-corrected chi connectivity index (χ0v) is 44.1. The Kier molecular flexibility index (Phi) is 12.5. The molecule has 2 nitrogen and oxygen atoms in total. The number of anilines is 6. The summed E-state index contributed by atoms with van der Waals surface area (Å²) in [6.07, 6.45) is 0. The van der Waals surface area contributed by atoms with E-state index in [1.54, 1.807) is 0 Å². The Labute approximate surface area is 465 Å². The average Bonchev–Trinajstić information content (AvgIpc) is 3.89. The van der Waals surface area contributed by atoms with Crippen molar-refractivity contribution in [3.8, 4) is 66.8 Å². The highest BCUT2D eigenvalue weighted by Crippen LogP contribution is 2.51. The quantitative estimate of drug-likeness (QED) is 0.120. The fraction of sp³-hybridized carbons (Fsp3) is 0. The van der Waals surface area contributed by atoms with Gasteiger partial charge < -0.3 is 9.80 Å². The summed E-state index contributed by atoms with van der Waals surface area (Å²) in [4.78, 5) is 4.93. The highest BCUT2D eigenvalue weighted by molar-refractivity contribution is 7.25. The Hall–Kier alpha value is -10.1. The molecular formula is C76H52N2S. The van der Waals surface area contributed by atoms with Crippen LogP contribution in [0, 0.1) is 0 Å². The van der Waals surface area contributed by atoms with Crippen LogP contribution in [0.25, 0.3) is 97.7 Å². The summed E-state index contributed by atoms with van der Waals surface area (Å²) in [7, 11) is 0. The van der Waals surface area contributed by atoms with Crippen LogP contribution in [0.5, 0.6) is 0 Å². The van der Waals surface area contributed by atoms with Crippen molar-refractivity contribution >= 4 is 76.4 Å². The van der Waals surface area contributed by atoms with Gasteiger partial charge in [0.25, 0.3) is 0 Å². The zero-order chi connectivity index (χ0) is 52.5. The number of nitrogens with zero attached hydrogens (tertiary/aromatic N) is 2. The molecule has 1 aromatic heterocycles. The van der Waals surface area contributed by atoms with Crippen molar-refractivity contribution in [3.05, 3.63) is 315 Å². The summed E-state index contributed by atoms with van der Waals surface area (Å²) in [5, 5.41) is 5.16. The standard InChI is InChI=1S/C76H52N2S/c1-4-23-54(24-5-1)63-33-12-13-34-64(63)60-31-22-32-62(49-60)78(72-40-19-15-36-66(72)56-27-8-3-9-28-56)74-42-21-17-38-68(74)67-37-16-20-41-73(67)77(71-39-18-14-35-65(71)55-25-6-2-7-26-55)61-46-43-53(44-47-61)59-45-48-69-70-50-57-29-10-11-30-58(57)51-76(70)79-75(69)52-59/h1-52H. The molecule has 0 bridgehead atoms. The largest absolute Gasteiger partial charge is 0.309 e. The lowest BCUT2D eigenvalue weighted by atomic mass is 9.93. The van der Waals surface area contributed by atoms with E-state index in [1.165, 1.54) is 58.8 Å². The number of fused-ring (bicyclic) bond motifs is 4. The summed E-state index contributed by atoms with van der Waals surface area (Å²) in [6, 6.07) is 115. The molecule has 1 heterocycles. The normalized spacial score (nSPS) is 11.3. The van der Waals surface area contributed by atoms with Crippen LogP contribution in [0.3, 0.4) is 0 Å². The molecule has 0 saturated carbocycles. The second kappa shape index (κ2) is 20.8. The minimum atomic E-state index is 1.05. The van der Waals surface area contributed by atoms with Gasteiger partial charge in [-0.3, -0.25) is 0 Å². The second-order valence-corrected chi connectivity index (χ2v) is 21.1. The maximum Gasteiger partial charge on any atom is 0.0541 e. The van der Waals surface area contributed by atoms with Crippen LogP contribution >= 0.6 is 11.3 Å². The van der Waals surface area contributed by atoms with Crippen LogP contribution in [-0.2, 0) is 0 Å². The monoisotopic (exact) mass is 1020 g/mol. The fourth-order valence-electron chi connectivity index (χ4n) is 11.5. The van der Waals surface area contributed by atoms with E-state index in [-0.39, 0.29) is 0 Å². The molecule has 0 unspecified atom stereocenters. The third-order valence-corrected chi connectivity index (χ3v) is 16.4. The van der Waals surface area contributed by atoms with Crippen LogP contribution in [0.1, 0.15) is 0 Å². The van der Waals surface area contributed by atoms with Gasteiger partial charge >= 0.3 is 0 Å². The van der Waals surface area contributed by atoms with Crippen molar-refractivity contribution in [3.63, 3.8) is 0 Å². The molecule has 14 rings (SSSR count). The summed E-state index contributed by atoms with van der Waals surface area (Å²) in [5.74, 6) is 0. The lowest BCUT2D eigenvalue weighted by Gasteiger charge is -2.33. The van der Waals surface area contributed by atoms with Crippen LogP contribution in [-0.4, -0.2) is 0 Å². The van der Waals surface area contributed by atoms with E-state index in [1.807, 2.05) is 11.3 Å². The first kappa shape index (κ1) is 47.4. The minimum absolute atomic E-state index is 1.05. The van der Waals surface area contributed by atoms with Crippen molar-refractivity contribution in [2.24, 2.45) is 0 Å². The van der Waals surface area contributed by atoms with Crippen LogP contribution < -0.4 is 9.80 Å². The lowest BCUT2D eigenvalue weighted by molar-refractivity contribution is 1.27. The molecule has 0 fully saturated rings. The topological polar surface area (TPSA) is 6.48 Å². The number of hydrogen-bond donors (Lipinski definition) is 0. The third-order valence-electron chi connectivity index (χ3n) is 15.3. The van der Waals surface area contributed by atoms with Crippen molar-refractivity contribution in [1.82, 2.24) is 0 Å². The van der Waals surface area contributed by atoms with Gasteiger partial charge in [-0.1, -0.05) is 249 Å². The summed E-state index contributed by atoms with van der Waals surface area (Å²) in [5.41, 5.74) is 20.2. The van der Waals surface area contributed by atoms with E-state index in [0.29, 0.717) is 0 Å². The van der Waals surface area contributed by atoms with Crippen LogP contribution in [0.2, 0.25) is 0 Å². The number of para-hydroxylation sites is 4. The molecular weight excluding hydrogens is 973 g/mol. The third kappa shape index (κ3) is 9.02. The van der Waals surface area contributed by atoms with Gasteiger partial charge in [-0.2, -0.15) is 0 Å². The molecule has 0 radical (unpaired) electrons. The molecule has 0 amide bonds. The van der Waals surface area contributed by atoms with Gasteiger partial charge in [0, 0.05) is 53.8 Å². The smallest absolute Gasteiger partial charge is 0.0541 e. The lowest BCUT2D eigenvalue weighted by Crippen LogP contribution is -2.15. The maximum atomic E-state index is 2.47. The Morgan fingerprint density at radius 1 is 0.203 bits per heavy atom. The SMILES string of the molecule is c1ccc(-c2ccccc2-c2cccc(N(c3ccccc3-c3ccccc3)c3ccccc3-c3ccccc3N(c3ccc(-c4ccc5c(c4)sc4cc6ccccc6cc45)cc3)c3ccccc3-c3ccccc3)c2)cc1. The van der Waals surface area contributed by atoms with Crippen molar-refractivity contribution in [2.45, 2.75) is 0 Å². The number of thiophene rings is 1. The molecule has 3 heteroatoms. The molecule has 0 aliphatic rings. The molecule has 0 aliphatic heterocycles. The van der Waals surface area contributed by atoms with Crippen LogP contribution in [0.15, 0.2) is 315 Å². The van der Waals surface area contributed by atoms with Gasteiger partial charge in [0.05, 0.1) is 22.7 Å². The predicted molar refractivity (Wildman–Crippen MR) is 339 cm³/mol. The Bertz CT molecular complexity index is 4490. The van der Waals surface area contributed by atoms with Gasteiger partial charge in [-0.25, -0.2) is 0 Å². The van der Waals surface area contributed by atoms with Gasteiger partial charge in [-0.05, 0) is 122 Å². The van der Waals surface area contributed by atoms with E-state index in [0.717, 1.165) is 73.1 Å². The van der Waals surface area contributed by atoms with E-state index < -0.39 is 0 Å².